The van der Waals surface area contributed by atoms with Crippen molar-refractivity contribution in [1.82, 2.24) is 9.78 Å². The van der Waals surface area contributed by atoms with Crippen LogP contribution < -0.4 is 0 Å². The molecule has 12 heavy (non-hydrogen) atoms. The van der Waals surface area contributed by atoms with Crippen LogP contribution in [0.1, 0.15) is 32.4 Å². The molecule has 0 amide bonds. The molecule has 0 aliphatic carbocycles. The summed E-state index contributed by atoms with van der Waals surface area (Å²) < 4.78 is 6.86. The highest BCUT2D eigenvalue weighted by atomic mass is 16.5. The first-order valence-corrected chi connectivity index (χ1v) is 4.25. The average Bonchev–Trinajstić information content (AvgIpc) is 2.54. The van der Waals surface area contributed by atoms with Crippen molar-refractivity contribution in [1.29, 1.82) is 0 Å². The molecule has 1 unspecified atom stereocenters. The summed E-state index contributed by atoms with van der Waals surface area (Å²) in [5.41, 5.74) is 1.12. The Morgan fingerprint density at radius 3 is 2.42 bits per heavy atom. The standard InChI is InChI=1S/C7H12N2O.C2H6/c1-6(10-3)7-4-8-9(2)5-7;1-2/h4-6H,1-3H3;1-2H3. The Hall–Kier alpha value is -0.830. The Bertz CT molecular complexity index is 208. The minimum atomic E-state index is 0.147. The summed E-state index contributed by atoms with van der Waals surface area (Å²) in [5.74, 6) is 0. The van der Waals surface area contributed by atoms with Gasteiger partial charge in [0.05, 0.1) is 12.3 Å². The molecule has 0 radical (unpaired) electrons. The van der Waals surface area contributed by atoms with Gasteiger partial charge in [-0.2, -0.15) is 5.10 Å². The Kier molecular flexibility index (Phi) is 5.37. The molecular formula is C9H18N2O. The second-order valence-corrected chi connectivity index (χ2v) is 2.33. The molecule has 0 saturated heterocycles. The van der Waals surface area contributed by atoms with Crippen LogP contribution in [-0.2, 0) is 11.8 Å². The number of hydrogen-bond acceptors (Lipinski definition) is 2. The van der Waals surface area contributed by atoms with E-state index in [1.165, 1.54) is 0 Å². The summed E-state index contributed by atoms with van der Waals surface area (Å²) in [7, 11) is 3.59. The van der Waals surface area contributed by atoms with E-state index in [2.05, 4.69) is 5.10 Å². The Labute approximate surface area is 74.3 Å². The largest absolute Gasteiger partial charge is 0.377 e. The molecule has 1 rings (SSSR count). The van der Waals surface area contributed by atoms with E-state index in [4.69, 9.17) is 4.74 Å². The highest BCUT2D eigenvalue weighted by Crippen LogP contribution is 2.12. The average molecular weight is 170 g/mol. The Morgan fingerprint density at radius 1 is 1.50 bits per heavy atom. The fourth-order valence-corrected chi connectivity index (χ4v) is 0.786. The second-order valence-electron chi connectivity index (χ2n) is 2.33. The van der Waals surface area contributed by atoms with Crippen LogP contribution in [0.15, 0.2) is 12.4 Å². The normalized spacial score (nSPS) is 11.8. The first kappa shape index (κ1) is 11.2. The van der Waals surface area contributed by atoms with E-state index in [0.717, 1.165) is 5.56 Å². The molecule has 0 saturated carbocycles. The van der Waals surface area contributed by atoms with Crippen molar-refractivity contribution in [2.75, 3.05) is 7.11 Å². The molecule has 0 fully saturated rings. The lowest BCUT2D eigenvalue weighted by Gasteiger charge is -2.03. The third-order valence-electron chi connectivity index (χ3n) is 1.55. The zero-order valence-corrected chi connectivity index (χ0v) is 8.53. The summed E-state index contributed by atoms with van der Waals surface area (Å²) in [5, 5.41) is 4.02. The molecule has 70 valence electrons. The fraction of sp³-hybridized carbons (Fsp3) is 0.667. The molecule has 1 heterocycles. The van der Waals surface area contributed by atoms with Gasteiger partial charge in [-0.25, -0.2) is 0 Å². The van der Waals surface area contributed by atoms with Crippen molar-refractivity contribution < 1.29 is 4.74 Å². The fourth-order valence-electron chi connectivity index (χ4n) is 0.786. The third kappa shape index (κ3) is 3.05. The predicted octanol–water partition coefficient (Wildman–Crippen LogP) is 2.15. The monoisotopic (exact) mass is 170 g/mol. The molecule has 3 heteroatoms. The number of ether oxygens (including phenoxy) is 1. The smallest absolute Gasteiger partial charge is 0.0823 e. The van der Waals surface area contributed by atoms with Crippen LogP contribution in [0.4, 0.5) is 0 Å². The van der Waals surface area contributed by atoms with Crippen molar-refractivity contribution in [3.8, 4) is 0 Å². The molecule has 0 bridgehead atoms. The quantitative estimate of drug-likeness (QED) is 0.680. The lowest BCUT2D eigenvalue weighted by atomic mass is 10.2. The van der Waals surface area contributed by atoms with Gasteiger partial charge in [0.1, 0.15) is 0 Å². The van der Waals surface area contributed by atoms with Crippen molar-refractivity contribution in [3.05, 3.63) is 18.0 Å². The van der Waals surface area contributed by atoms with Crippen molar-refractivity contribution in [2.24, 2.45) is 7.05 Å². The van der Waals surface area contributed by atoms with Crippen molar-refractivity contribution in [3.63, 3.8) is 0 Å². The molecule has 0 aliphatic rings. The minimum Gasteiger partial charge on any atom is -0.377 e. The number of nitrogens with zero attached hydrogens (tertiary/aromatic N) is 2. The van der Waals surface area contributed by atoms with Gasteiger partial charge in [0.25, 0.3) is 0 Å². The van der Waals surface area contributed by atoms with Crippen LogP contribution in [0, 0.1) is 0 Å². The molecule has 1 aromatic rings. The number of rotatable bonds is 2. The zero-order chi connectivity index (χ0) is 9.56. The van der Waals surface area contributed by atoms with E-state index < -0.39 is 0 Å². The molecule has 0 aliphatic heterocycles. The Morgan fingerprint density at radius 2 is 2.08 bits per heavy atom. The van der Waals surface area contributed by atoms with Gasteiger partial charge < -0.3 is 4.74 Å². The maximum Gasteiger partial charge on any atom is 0.0823 e. The van der Waals surface area contributed by atoms with Gasteiger partial charge in [-0.15, -0.1) is 0 Å². The predicted molar refractivity (Wildman–Crippen MR) is 50.0 cm³/mol. The van der Waals surface area contributed by atoms with Crippen LogP contribution in [-0.4, -0.2) is 16.9 Å². The zero-order valence-electron chi connectivity index (χ0n) is 8.53. The summed E-state index contributed by atoms with van der Waals surface area (Å²) >= 11 is 0. The summed E-state index contributed by atoms with van der Waals surface area (Å²) in [6, 6.07) is 0. The second kappa shape index (κ2) is 5.77. The minimum absolute atomic E-state index is 0.147. The molecule has 1 atom stereocenters. The van der Waals surface area contributed by atoms with E-state index in [-0.39, 0.29) is 6.10 Å². The number of aromatic nitrogens is 2. The maximum atomic E-state index is 5.10. The summed E-state index contributed by atoms with van der Waals surface area (Å²) in [6.45, 7) is 6.00. The molecular weight excluding hydrogens is 152 g/mol. The van der Waals surface area contributed by atoms with E-state index in [0.29, 0.717) is 0 Å². The van der Waals surface area contributed by atoms with Crippen molar-refractivity contribution in [2.45, 2.75) is 26.9 Å². The molecule has 3 nitrogen and oxygen atoms in total. The van der Waals surface area contributed by atoms with Crippen LogP contribution in [0.5, 0.6) is 0 Å². The van der Waals surface area contributed by atoms with E-state index in [9.17, 15) is 0 Å². The third-order valence-corrected chi connectivity index (χ3v) is 1.55. The topological polar surface area (TPSA) is 27.1 Å². The highest BCUT2D eigenvalue weighted by molar-refractivity contribution is 5.06. The molecule has 0 aromatic carbocycles. The SMILES string of the molecule is CC.COC(C)c1cnn(C)c1. The first-order valence-electron chi connectivity index (χ1n) is 4.25. The van der Waals surface area contributed by atoms with Gasteiger partial charge in [-0.05, 0) is 6.92 Å². The first-order chi connectivity index (χ1) is 5.74. The number of hydrogen-bond donors (Lipinski definition) is 0. The van der Waals surface area contributed by atoms with Gasteiger partial charge in [-0.3, -0.25) is 4.68 Å². The summed E-state index contributed by atoms with van der Waals surface area (Å²) in [4.78, 5) is 0. The number of aryl methyl sites for hydroxylation is 1. The molecule has 0 N–H and O–H groups in total. The molecule has 0 spiro atoms. The van der Waals surface area contributed by atoms with Gasteiger partial charge in [0, 0.05) is 25.9 Å². The van der Waals surface area contributed by atoms with Gasteiger partial charge >= 0.3 is 0 Å². The molecule has 1 aromatic heterocycles. The van der Waals surface area contributed by atoms with Crippen LogP contribution in [0.3, 0.4) is 0 Å². The van der Waals surface area contributed by atoms with Crippen LogP contribution >= 0.6 is 0 Å². The van der Waals surface area contributed by atoms with Gasteiger partial charge in [0.15, 0.2) is 0 Å². The summed E-state index contributed by atoms with van der Waals surface area (Å²) in [6.07, 6.45) is 3.91. The number of methoxy groups -OCH3 is 1. The lowest BCUT2D eigenvalue weighted by molar-refractivity contribution is 0.119. The van der Waals surface area contributed by atoms with Gasteiger partial charge in [-0.1, -0.05) is 13.8 Å². The van der Waals surface area contributed by atoms with Gasteiger partial charge in [0.2, 0.25) is 0 Å². The van der Waals surface area contributed by atoms with Crippen LogP contribution in [0.2, 0.25) is 0 Å². The van der Waals surface area contributed by atoms with Crippen LogP contribution in [0.25, 0.3) is 0 Å². The highest BCUT2D eigenvalue weighted by Gasteiger charge is 2.03. The lowest BCUT2D eigenvalue weighted by Crippen LogP contribution is -1.93. The van der Waals surface area contributed by atoms with Crippen molar-refractivity contribution >= 4 is 0 Å². The van der Waals surface area contributed by atoms with E-state index in [1.54, 1.807) is 11.8 Å². The van der Waals surface area contributed by atoms with E-state index in [1.807, 2.05) is 40.2 Å². The van der Waals surface area contributed by atoms with E-state index >= 15 is 0 Å². The maximum absolute atomic E-state index is 5.10. The Balaban J connectivity index is 0.000000561.